The van der Waals surface area contributed by atoms with E-state index in [2.05, 4.69) is 44.1 Å². The van der Waals surface area contributed by atoms with E-state index in [1.807, 2.05) is 30.3 Å². The van der Waals surface area contributed by atoms with Gasteiger partial charge in [0.25, 0.3) is 5.91 Å². The highest BCUT2D eigenvalue weighted by molar-refractivity contribution is 9.10. The highest BCUT2D eigenvalue weighted by atomic mass is 79.9. The molecule has 0 heterocycles. The van der Waals surface area contributed by atoms with E-state index in [4.69, 9.17) is 4.74 Å². The Hall–Kier alpha value is -1.33. The number of hydrogen-bond donors (Lipinski definition) is 1. The maximum absolute atomic E-state index is 12.2. The smallest absolute Gasteiger partial charge is 0.255 e. The van der Waals surface area contributed by atoms with E-state index < -0.39 is 0 Å². The lowest BCUT2D eigenvalue weighted by molar-refractivity contribution is 0.102. The molecule has 0 aliphatic heterocycles. The van der Waals surface area contributed by atoms with Crippen molar-refractivity contribution in [3.63, 3.8) is 0 Å². The number of anilines is 1. The van der Waals surface area contributed by atoms with Crippen LogP contribution < -0.4 is 10.1 Å². The molecule has 0 aliphatic carbocycles. The lowest BCUT2D eigenvalue weighted by Crippen LogP contribution is -2.12. The molecular formula is C17H17Br2NO2. The predicted octanol–water partition coefficient (Wildman–Crippen LogP) is 5.64. The lowest BCUT2D eigenvalue weighted by Gasteiger charge is -2.10. The molecule has 0 bridgehead atoms. The van der Waals surface area contributed by atoms with Gasteiger partial charge in [0.15, 0.2) is 0 Å². The van der Waals surface area contributed by atoms with Crippen LogP contribution in [0, 0.1) is 0 Å². The van der Waals surface area contributed by atoms with Gasteiger partial charge in [0, 0.05) is 15.7 Å². The van der Waals surface area contributed by atoms with E-state index >= 15 is 0 Å². The second kappa shape index (κ2) is 8.34. The predicted molar refractivity (Wildman–Crippen MR) is 96.6 cm³/mol. The highest BCUT2D eigenvalue weighted by Gasteiger charge is 2.09. The van der Waals surface area contributed by atoms with E-state index in [1.165, 1.54) is 0 Å². The topological polar surface area (TPSA) is 38.3 Å². The molecule has 0 aromatic heterocycles. The van der Waals surface area contributed by atoms with Crippen LogP contribution in [-0.2, 0) is 0 Å². The minimum Gasteiger partial charge on any atom is -0.492 e. The first-order valence-electron chi connectivity index (χ1n) is 7.09. The summed E-state index contributed by atoms with van der Waals surface area (Å²) in [5.41, 5.74) is 1.34. The first-order valence-corrected chi connectivity index (χ1v) is 8.68. The number of nitrogens with one attached hydrogen (secondary N) is 1. The first kappa shape index (κ1) is 17.0. The van der Waals surface area contributed by atoms with Gasteiger partial charge in [0.2, 0.25) is 0 Å². The molecule has 1 N–H and O–H groups in total. The first-order chi connectivity index (χ1) is 10.6. The minimum absolute atomic E-state index is 0.150. The van der Waals surface area contributed by atoms with Crippen LogP contribution in [0.3, 0.4) is 0 Å². The van der Waals surface area contributed by atoms with Crippen LogP contribution in [0.25, 0.3) is 0 Å². The fraction of sp³-hybridized carbons (Fsp3) is 0.235. The maximum atomic E-state index is 12.2. The van der Waals surface area contributed by atoms with Gasteiger partial charge in [-0.2, -0.15) is 0 Å². The van der Waals surface area contributed by atoms with Crippen molar-refractivity contribution < 1.29 is 9.53 Å². The Bertz CT molecular complexity index is 642. The van der Waals surface area contributed by atoms with E-state index in [9.17, 15) is 4.79 Å². The van der Waals surface area contributed by atoms with Crippen LogP contribution in [-0.4, -0.2) is 12.5 Å². The van der Waals surface area contributed by atoms with Crippen LogP contribution in [0.4, 0.5) is 5.69 Å². The minimum atomic E-state index is -0.150. The monoisotopic (exact) mass is 425 g/mol. The Morgan fingerprint density at radius 3 is 2.50 bits per heavy atom. The molecule has 116 valence electrons. The third kappa shape index (κ3) is 4.85. The normalized spacial score (nSPS) is 10.3. The van der Waals surface area contributed by atoms with Crippen LogP contribution in [0.5, 0.6) is 5.75 Å². The maximum Gasteiger partial charge on any atom is 0.255 e. The second-order valence-electron chi connectivity index (χ2n) is 4.81. The van der Waals surface area contributed by atoms with Crippen molar-refractivity contribution in [3.05, 3.63) is 57.0 Å². The molecule has 3 nitrogen and oxygen atoms in total. The lowest BCUT2D eigenvalue weighted by atomic mass is 10.2. The van der Waals surface area contributed by atoms with Gasteiger partial charge in [-0.1, -0.05) is 29.3 Å². The number of halogens is 2. The summed E-state index contributed by atoms with van der Waals surface area (Å²) in [6, 6.07) is 12.8. The van der Waals surface area contributed by atoms with E-state index in [-0.39, 0.29) is 5.91 Å². The fourth-order valence-corrected chi connectivity index (χ4v) is 2.58. The number of hydrogen-bond acceptors (Lipinski definition) is 2. The van der Waals surface area contributed by atoms with Crippen molar-refractivity contribution in [1.82, 2.24) is 0 Å². The van der Waals surface area contributed by atoms with Crippen LogP contribution in [0.2, 0.25) is 0 Å². The summed E-state index contributed by atoms with van der Waals surface area (Å²) in [4.78, 5) is 12.2. The molecule has 0 unspecified atom stereocenters. The van der Waals surface area contributed by atoms with E-state index in [0.717, 1.165) is 33.2 Å². The zero-order valence-electron chi connectivity index (χ0n) is 12.2. The van der Waals surface area contributed by atoms with E-state index in [0.29, 0.717) is 12.2 Å². The average molecular weight is 427 g/mol. The Morgan fingerprint density at radius 1 is 1.14 bits per heavy atom. The van der Waals surface area contributed by atoms with Gasteiger partial charge < -0.3 is 10.1 Å². The molecule has 2 rings (SSSR count). The SMILES string of the molecule is CCCCOc1ccc(C(=O)Nc2ccc(Br)cc2)cc1Br. The Morgan fingerprint density at radius 2 is 1.86 bits per heavy atom. The molecule has 2 aromatic carbocycles. The number of benzene rings is 2. The second-order valence-corrected chi connectivity index (χ2v) is 6.58. The van der Waals surface area contributed by atoms with Crippen molar-refractivity contribution in [2.75, 3.05) is 11.9 Å². The standard InChI is InChI=1S/C17H17Br2NO2/c1-2-3-10-22-16-9-4-12(11-15(16)19)17(21)20-14-7-5-13(18)6-8-14/h4-9,11H,2-3,10H2,1H3,(H,20,21). The van der Waals surface area contributed by atoms with Gasteiger partial charge in [0.05, 0.1) is 11.1 Å². The van der Waals surface area contributed by atoms with Crippen LogP contribution >= 0.6 is 31.9 Å². The van der Waals surface area contributed by atoms with Crippen LogP contribution in [0.1, 0.15) is 30.1 Å². The summed E-state index contributed by atoms with van der Waals surface area (Å²) in [5.74, 6) is 0.608. The van der Waals surface area contributed by atoms with Gasteiger partial charge in [-0.05, 0) is 64.8 Å². The molecule has 0 fully saturated rings. The van der Waals surface area contributed by atoms with E-state index in [1.54, 1.807) is 12.1 Å². The zero-order chi connectivity index (χ0) is 15.9. The molecule has 0 saturated heterocycles. The van der Waals surface area contributed by atoms with Gasteiger partial charge in [-0.15, -0.1) is 0 Å². The molecule has 0 saturated carbocycles. The number of carbonyl (C=O) groups excluding carboxylic acids is 1. The zero-order valence-corrected chi connectivity index (χ0v) is 15.4. The third-order valence-corrected chi connectivity index (χ3v) is 4.20. The molecule has 0 spiro atoms. The Kier molecular flexibility index (Phi) is 6.46. The molecule has 22 heavy (non-hydrogen) atoms. The summed E-state index contributed by atoms with van der Waals surface area (Å²) in [6.07, 6.45) is 2.10. The summed E-state index contributed by atoms with van der Waals surface area (Å²) >= 11 is 6.82. The molecule has 0 atom stereocenters. The Balaban J connectivity index is 2.03. The molecule has 5 heteroatoms. The molecule has 1 amide bonds. The van der Waals surface area contributed by atoms with Crippen molar-refractivity contribution in [2.24, 2.45) is 0 Å². The third-order valence-electron chi connectivity index (χ3n) is 3.05. The molecular weight excluding hydrogens is 410 g/mol. The van der Waals surface area contributed by atoms with Gasteiger partial charge in [-0.25, -0.2) is 0 Å². The summed E-state index contributed by atoms with van der Waals surface area (Å²) in [7, 11) is 0. The molecule has 0 radical (unpaired) electrons. The number of rotatable bonds is 6. The van der Waals surface area contributed by atoms with Gasteiger partial charge >= 0.3 is 0 Å². The summed E-state index contributed by atoms with van der Waals surface area (Å²) < 4.78 is 7.42. The highest BCUT2D eigenvalue weighted by Crippen LogP contribution is 2.26. The van der Waals surface area contributed by atoms with Gasteiger partial charge in [0.1, 0.15) is 5.75 Å². The number of ether oxygens (including phenoxy) is 1. The quantitative estimate of drug-likeness (QED) is 0.606. The van der Waals surface area contributed by atoms with Crippen molar-refractivity contribution in [2.45, 2.75) is 19.8 Å². The Labute approximate surface area is 147 Å². The van der Waals surface area contributed by atoms with Crippen LogP contribution in [0.15, 0.2) is 51.4 Å². The van der Waals surface area contributed by atoms with Crippen molar-refractivity contribution in [3.8, 4) is 5.75 Å². The number of unbranched alkanes of at least 4 members (excludes halogenated alkanes) is 1. The number of carbonyl (C=O) groups is 1. The average Bonchev–Trinajstić information content (AvgIpc) is 2.51. The fourth-order valence-electron chi connectivity index (χ4n) is 1.82. The molecule has 2 aromatic rings. The largest absolute Gasteiger partial charge is 0.492 e. The van der Waals surface area contributed by atoms with Gasteiger partial charge in [-0.3, -0.25) is 4.79 Å². The summed E-state index contributed by atoms with van der Waals surface area (Å²) in [5, 5.41) is 2.86. The number of amides is 1. The van der Waals surface area contributed by atoms with Crippen molar-refractivity contribution >= 4 is 43.5 Å². The summed E-state index contributed by atoms with van der Waals surface area (Å²) in [6.45, 7) is 2.80. The van der Waals surface area contributed by atoms with Crippen molar-refractivity contribution in [1.29, 1.82) is 0 Å². The molecule has 0 aliphatic rings.